The maximum Gasteiger partial charge on any atom is 0.247 e. The van der Waals surface area contributed by atoms with Crippen molar-refractivity contribution < 1.29 is 22.0 Å². The van der Waals surface area contributed by atoms with Gasteiger partial charge in [-0.25, -0.2) is 12.8 Å². The van der Waals surface area contributed by atoms with E-state index in [1.54, 1.807) is 12.1 Å². The van der Waals surface area contributed by atoms with Crippen LogP contribution in [-0.2, 0) is 14.8 Å². The van der Waals surface area contributed by atoms with Crippen LogP contribution in [0.25, 0.3) is 21.9 Å². The molecule has 154 valence electrons. The van der Waals surface area contributed by atoms with Crippen LogP contribution >= 0.6 is 0 Å². The Kier molecular flexibility index (Phi) is 4.95. The Morgan fingerprint density at radius 2 is 1.67 bits per heavy atom. The summed E-state index contributed by atoms with van der Waals surface area (Å²) < 4.78 is 44.7. The molecule has 0 saturated heterocycles. The molecule has 0 spiro atoms. The lowest BCUT2D eigenvalue weighted by Crippen LogP contribution is -2.45. The molecule has 4 rings (SSSR count). The van der Waals surface area contributed by atoms with Gasteiger partial charge >= 0.3 is 0 Å². The van der Waals surface area contributed by atoms with E-state index in [1.165, 1.54) is 19.1 Å². The van der Waals surface area contributed by atoms with Crippen LogP contribution in [0.1, 0.15) is 6.92 Å². The van der Waals surface area contributed by atoms with E-state index in [4.69, 9.17) is 4.42 Å². The van der Waals surface area contributed by atoms with Gasteiger partial charge in [0.15, 0.2) is 0 Å². The van der Waals surface area contributed by atoms with E-state index >= 15 is 0 Å². The Labute approximate surface area is 173 Å². The zero-order valence-corrected chi connectivity index (χ0v) is 17.1. The minimum atomic E-state index is -3.79. The number of hydrogen-bond donors (Lipinski definition) is 1. The van der Waals surface area contributed by atoms with Gasteiger partial charge in [-0.15, -0.1) is 0 Å². The molecule has 0 saturated carbocycles. The van der Waals surface area contributed by atoms with E-state index in [-0.39, 0.29) is 5.69 Å². The van der Waals surface area contributed by atoms with Gasteiger partial charge in [0.1, 0.15) is 23.0 Å². The van der Waals surface area contributed by atoms with Crippen LogP contribution in [0, 0.1) is 5.82 Å². The summed E-state index contributed by atoms with van der Waals surface area (Å²) >= 11 is 0. The van der Waals surface area contributed by atoms with Crippen molar-refractivity contribution in [2.24, 2.45) is 0 Å². The highest BCUT2D eigenvalue weighted by Gasteiger charge is 2.29. The van der Waals surface area contributed by atoms with Crippen molar-refractivity contribution in [3.05, 3.63) is 72.5 Å². The maximum atomic E-state index is 13.2. The summed E-state index contributed by atoms with van der Waals surface area (Å²) in [5, 5.41) is 4.62. The summed E-state index contributed by atoms with van der Waals surface area (Å²) in [5.41, 5.74) is 2.03. The van der Waals surface area contributed by atoms with Crippen LogP contribution in [0.15, 0.2) is 71.1 Å². The van der Waals surface area contributed by atoms with Gasteiger partial charge in [-0.05, 0) is 49.4 Å². The molecule has 1 aromatic heterocycles. The average Bonchev–Trinajstić information content (AvgIpc) is 3.06. The Morgan fingerprint density at radius 1 is 1.00 bits per heavy atom. The standard InChI is InChI=1S/C22H19FN2O4S/c1-14(25(30(2,27)28)17-10-7-15(23)8-11-17)22(26)24-16-9-12-19-18-5-3-4-6-20(18)29-21(19)13-16/h3-14H,1-2H3,(H,24,26)/t14-/m1/s1. The minimum absolute atomic E-state index is 0.203. The molecular formula is C22H19FN2O4S. The number of carbonyl (C=O) groups is 1. The number of halogens is 1. The Hall–Kier alpha value is -3.39. The molecule has 6 nitrogen and oxygen atoms in total. The molecule has 1 heterocycles. The molecule has 4 aromatic rings. The number of fused-ring (bicyclic) bond motifs is 3. The summed E-state index contributed by atoms with van der Waals surface area (Å²) in [6, 6.07) is 16.8. The molecule has 0 aliphatic rings. The van der Waals surface area contributed by atoms with Crippen LogP contribution in [0.2, 0.25) is 0 Å². The highest BCUT2D eigenvalue weighted by atomic mass is 32.2. The topological polar surface area (TPSA) is 79.6 Å². The van der Waals surface area contributed by atoms with Gasteiger partial charge < -0.3 is 9.73 Å². The second-order valence-corrected chi connectivity index (χ2v) is 8.87. The molecule has 1 atom stereocenters. The fourth-order valence-electron chi connectivity index (χ4n) is 3.45. The lowest BCUT2D eigenvalue weighted by Gasteiger charge is -2.28. The second-order valence-electron chi connectivity index (χ2n) is 7.01. The summed E-state index contributed by atoms with van der Waals surface area (Å²) in [4.78, 5) is 12.8. The maximum absolute atomic E-state index is 13.2. The third-order valence-electron chi connectivity index (χ3n) is 4.82. The highest BCUT2D eigenvalue weighted by Crippen LogP contribution is 2.30. The van der Waals surface area contributed by atoms with Crippen molar-refractivity contribution in [2.75, 3.05) is 15.9 Å². The van der Waals surface area contributed by atoms with Gasteiger partial charge in [-0.2, -0.15) is 0 Å². The van der Waals surface area contributed by atoms with Crippen molar-refractivity contribution in [1.82, 2.24) is 0 Å². The number of carbonyl (C=O) groups excluding carboxylic acids is 1. The molecule has 0 bridgehead atoms. The first-order valence-corrected chi connectivity index (χ1v) is 11.1. The lowest BCUT2D eigenvalue weighted by atomic mass is 10.1. The third kappa shape index (κ3) is 3.73. The molecule has 8 heteroatoms. The number of hydrogen-bond acceptors (Lipinski definition) is 4. The number of nitrogens with one attached hydrogen (secondary N) is 1. The first-order valence-electron chi connectivity index (χ1n) is 9.21. The predicted molar refractivity (Wildman–Crippen MR) is 116 cm³/mol. The molecule has 30 heavy (non-hydrogen) atoms. The number of benzene rings is 3. The molecule has 0 radical (unpaired) electrons. The van der Waals surface area contributed by atoms with Crippen molar-refractivity contribution in [2.45, 2.75) is 13.0 Å². The molecular weight excluding hydrogens is 407 g/mol. The van der Waals surface area contributed by atoms with Gasteiger partial charge in [-0.3, -0.25) is 9.10 Å². The normalized spacial score (nSPS) is 12.8. The van der Waals surface area contributed by atoms with E-state index in [1.807, 2.05) is 30.3 Å². The van der Waals surface area contributed by atoms with Gasteiger partial charge in [0.05, 0.1) is 11.9 Å². The van der Waals surface area contributed by atoms with E-state index in [9.17, 15) is 17.6 Å². The summed E-state index contributed by atoms with van der Waals surface area (Å²) in [5.74, 6) is -1.02. The van der Waals surface area contributed by atoms with E-state index in [0.717, 1.165) is 39.0 Å². The summed E-state index contributed by atoms with van der Waals surface area (Å²) in [6.45, 7) is 1.47. The van der Waals surface area contributed by atoms with E-state index in [0.29, 0.717) is 11.3 Å². The Balaban J connectivity index is 1.62. The number of anilines is 2. The quantitative estimate of drug-likeness (QED) is 0.509. The SMILES string of the molecule is C[C@H](C(=O)Nc1ccc2c(c1)oc1ccccc12)N(c1ccc(F)cc1)S(C)(=O)=O. The summed E-state index contributed by atoms with van der Waals surface area (Å²) in [7, 11) is -3.79. The van der Waals surface area contributed by atoms with Crippen LogP contribution < -0.4 is 9.62 Å². The van der Waals surface area contributed by atoms with Gasteiger partial charge in [0.2, 0.25) is 15.9 Å². The van der Waals surface area contributed by atoms with E-state index in [2.05, 4.69) is 5.32 Å². The molecule has 0 aliphatic carbocycles. The average molecular weight is 426 g/mol. The van der Waals surface area contributed by atoms with Gasteiger partial charge in [0.25, 0.3) is 0 Å². The van der Waals surface area contributed by atoms with Crippen molar-refractivity contribution in [1.29, 1.82) is 0 Å². The number of para-hydroxylation sites is 1. The molecule has 0 unspecified atom stereocenters. The monoisotopic (exact) mass is 426 g/mol. The fraction of sp³-hybridized carbons (Fsp3) is 0.136. The Morgan fingerprint density at radius 3 is 2.37 bits per heavy atom. The number of sulfonamides is 1. The van der Waals surface area contributed by atoms with Crippen molar-refractivity contribution in [3.63, 3.8) is 0 Å². The first-order chi connectivity index (χ1) is 14.2. The number of rotatable bonds is 5. The molecule has 0 fully saturated rings. The first kappa shape index (κ1) is 19.9. The second kappa shape index (κ2) is 7.46. The number of furan rings is 1. The van der Waals surface area contributed by atoms with Crippen LogP contribution in [-0.4, -0.2) is 26.6 Å². The van der Waals surface area contributed by atoms with Crippen LogP contribution in [0.4, 0.5) is 15.8 Å². The zero-order chi connectivity index (χ0) is 21.5. The van der Waals surface area contributed by atoms with Crippen molar-refractivity contribution in [3.8, 4) is 0 Å². The fourth-order valence-corrected chi connectivity index (χ4v) is 4.62. The predicted octanol–water partition coefficient (Wildman–Crippen LogP) is 4.52. The van der Waals surface area contributed by atoms with Crippen LogP contribution in [0.5, 0.6) is 0 Å². The third-order valence-corrected chi connectivity index (χ3v) is 6.06. The van der Waals surface area contributed by atoms with Crippen molar-refractivity contribution >= 4 is 49.2 Å². The zero-order valence-electron chi connectivity index (χ0n) is 16.3. The van der Waals surface area contributed by atoms with E-state index < -0.39 is 27.8 Å². The number of amides is 1. The minimum Gasteiger partial charge on any atom is -0.456 e. The molecule has 1 amide bonds. The molecule has 3 aromatic carbocycles. The molecule has 1 N–H and O–H groups in total. The smallest absolute Gasteiger partial charge is 0.247 e. The highest BCUT2D eigenvalue weighted by molar-refractivity contribution is 7.92. The Bertz CT molecular complexity index is 1350. The van der Waals surface area contributed by atoms with Crippen LogP contribution in [0.3, 0.4) is 0 Å². The molecule has 0 aliphatic heterocycles. The van der Waals surface area contributed by atoms with Gasteiger partial charge in [-0.1, -0.05) is 18.2 Å². The largest absolute Gasteiger partial charge is 0.456 e. The van der Waals surface area contributed by atoms with Gasteiger partial charge in [0, 0.05) is 22.5 Å². The summed E-state index contributed by atoms with van der Waals surface area (Å²) in [6.07, 6.45) is 1.00. The number of nitrogens with zero attached hydrogens (tertiary/aromatic N) is 1. The lowest BCUT2D eigenvalue weighted by molar-refractivity contribution is -0.116.